The van der Waals surface area contributed by atoms with Crippen LogP contribution in [0.25, 0.3) is 5.57 Å². The molecule has 2 aromatic carbocycles. The topological polar surface area (TPSA) is 3.24 Å². The van der Waals surface area contributed by atoms with E-state index in [9.17, 15) is 0 Å². The fraction of sp³-hybridized carbons (Fsp3) is 0.440. The third-order valence-corrected chi connectivity index (χ3v) is 5.51. The molecule has 0 aromatic heterocycles. The van der Waals surface area contributed by atoms with Crippen LogP contribution in [0.5, 0.6) is 0 Å². The number of hydrogen-bond acceptors (Lipinski definition) is 1. The lowest BCUT2D eigenvalue weighted by atomic mass is 9.70. The highest BCUT2D eigenvalue weighted by molar-refractivity contribution is 5.73. The fourth-order valence-corrected chi connectivity index (χ4v) is 4.19. The highest BCUT2D eigenvalue weighted by Gasteiger charge is 2.38. The van der Waals surface area contributed by atoms with Gasteiger partial charge in [0.1, 0.15) is 0 Å². The Morgan fingerprint density at radius 1 is 0.769 bits per heavy atom. The second kappa shape index (κ2) is 7.04. The first kappa shape index (κ1) is 18.9. The molecule has 1 aliphatic heterocycles. The second-order valence-electron chi connectivity index (χ2n) is 9.52. The largest absolute Gasteiger partial charge is 0.293 e. The van der Waals surface area contributed by atoms with E-state index in [1.54, 1.807) is 5.57 Å². The third-order valence-electron chi connectivity index (χ3n) is 5.51. The van der Waals surface area contributed by atoms with Crippen LogP contribution in [0, 0.1) is 5.41 Å². The standard InChI is InChI=1S/C25H33N/c1-24(2,3)23-21(19-13-9-7-10-14-19)17-26(25(4,5)6)18-22(23)20-15-11-8-12-16-20/h7-16,21H,17-18H2,1-6H3. The average molecular weight is 348 g/mol. The summed E-state index contributed by atoms with van der Waals surface area (Å²) in [5.74, 6) is 0.430. The van der Waals surface area contributed by atoms with Crippen molar-refractivity contribution in [3.63, 3.8) is 0 Å². The van der Waals surface area contributed by atoms with E-state index in [1.807, 2.05) is 0 Å². The van der Waals surface area contributed by atoms with Crippen molar-refractivity contribution in [3.05, 3.63) is 77.4 Å². The van der Waals surface area contributed by atoms with E-state index in [0.717, 1.165) is 13.1 Å². The molecule has 3 rings (SSSR count). The van der Waals surface area contributed by atoms with Crippen LogP contribution in [0.3, 0.4) is 0 Å². The van der Waals surface area contributed by atoms with Gasteiger partial charge in [-0.2, -0.15) is 0 Å². The normalized spacial score (nSPS) is 19.7. The summed E-state index contributed by atoms with van der Waals surface area (Å²) in [7, 11) is 0. The monoisotopic (exact) mass is 347 g/mol. The van der Waals surface area contributed by atoms with Crippen LogP contribution < -0.4 is 0 Å². The van der Waals surface area contributed by atoms with E-state index in [2.05, 4.69) is 107 Å². The van der Waals surface area contributed by atoms with Crippen molar-refractivity contribution in [2.45, 2.75) is 53.0 Å². The lowest BCUT2D eigenvalue weighted by Crippen LogP contribution is -2.48. The highest BCUT2D eigenvalue weighted by Crippen LogP contribution is 2.46. The van der Waals surface area contributed by atoms with Crippen molar-refractivity contribution in [1.82, 2.24) is 4.90 Å². The third kappa shape index (κ3) is 3.94. The molecule has 0 N–H and O–H groups in total. The number of rotatable bonds is 2. The molecule has 1 nitrogen and oxygen atoms in total. The van der Waals surface area contributed by atoms with Gasteiger partial charge in [-0.25, -0.2) is 0 Å². The molecule has 0 radical (unpaired) electrons. The summed E-state index contributed by atoms with van der Waals surface area (Å²) >= 11 is 0. The maximum Gasteiger partial charge on any atom is 0.0245 e. The van der Waals surface area contributed by atoms with Gasteiger partial charge in [-0.1, -0.05) is 87.0 Å². The molecule has 1 heteroatoms. The summed E-state index contributed by atoms with van der Waals surface area (Å²) in [6.07, 6.45) is 0. The van der Waals surface area contributed by atoms with E-state index >= 15 is 0 Å². The fourth-order valence-electron chi connectivity index (χ4n) is 4.19. The first-order valence-electron chi connectivity index (χ1n) is 9.77. The van der Waals surface area contributed by atoms with Crippen LogP contribution in [0.2, 0.25) is 0 Å². The maximum atomic E-state index is 2.64. The Morgan fingerprint density at radius 3 is 1.81 bits per heavy atom. The summed E-state index contributed by atoms with van der Waals surface area (Å²) in [6, 6.07) is 22.0. The predicted molar refractivity (Wildman–Crippen MR) is 113 cm³/mol. The minimum atomic E-state index is 0.135. The molecule has 0 aliphatic carbocycles. The van der Waals surface area contributed by atoms with Gasteiger partial charge in [0.2, 0.25) is 0 Å². The molecular formula is C25H33N. The van der Waals surface area contributed by atoms with Gasteiger partial charge >= 0.3 is 0 Å². The second-order valence-corrected chi connectivity index (χ2v) is 9.52. The summed E-state index contributed by atoms with van der Waals surface area (Å²) in [6.45, 7) is 16.2. The van der Waals surface area contributed by atoms with Gasteiger partial charge in [0.25, 0.3) is 0 Å². The molecule has 0 amide bonds. The van der Waals surface area contributed by atoms with Crippen LogP contribution in [0.15, 0.2) is 66.2 Å². The summed E-state index contributed by atoms with van der Waals surface area (Å²) in [4.78, 5) is 2.64. The predicted octanol–water partition coefficient (Wildman–Crippen LogP) is 6.38. The Hall–Kier alpha value is -1.86. The Morgan fingerprint density at radius 2 is 1.31 bits per heavy atom. The molecule has 0 saturated carbocycles. The molecule has 2 aromatic rings. The lowest BCUT2D eigenvalue weighted by molar-refractivity contribution is 0.139. The summed E-state index contributed by atoms with van der Waals surface area (Å²) in [5.41, 5.74) is 6.18. The molecule has 138 valence electrons. The van der Waals surface area contributed by atoms with Gasteiger partial charge < -0.3 is 0 Å². The zero-order valence-electron chi connectivity index (χ0n) is 17.2. The van der Waals surface area contributed by atoms with Crippen LogP contribution >= 0.6 is 0 Å². The molecule has 0 saturated heterocycles. The maximum absolute atomic E-state index is 2.64. The van der Waals surface area contributed by atoms with E-state index in [4.69, 9.17) is 0 Å². The van der Waals surface area contributed by atoms with Crippen molar-refractivity contribution in [3.8, 4) is 0 Å². The van der Waals surface area contributed by atoms with Crippen molar-refractivity contribution in [2.75, 3.05) is 13.1 Å². The zero-order chi connectivity index (χ0) is 18.9. The van der Waals surface area contributed by atoms with Crippen LogP contribution in [0.4, 0.5) is 0 Å². The minimum absolute atomic E-state index is 0.135. The molecule has 1 unspecified atom stereocenters. The molecule has 26 heavy (non-hydrogen) atoms. The van der Waals surface area contributed by atoms with Gasteiger partial charge in [0.15, 0.2) is 0 Å². The Bertz CT molecular complexity index is 757. The minimum Gasteiger partial charge on any atom is -0.293 e. The zero-order valence-corrected chi connectivity index (χ0v) is 17.2. The number of hydrogen-bond donors (Lipinski definition) is 0. The molecule has 1 heterocycles. The van der Waals surface area contributed by atoms with E-state index in [1.165, 1.54) is 16.7 Å². The first-order chi connectivity index (χ1) is 12.2. The highest BCUT2D eigenvalue weighted by atomic mass is 15.2. The molecule has 1 atom stereocenters. The molecule has 0 spiro atoms. The number of benzene rings is 2. The van der Waals surface area contributed by atoms with Crippen LogP contribution in [-0.2, 0) is 0 Å². The van der Waals surface area contributed by atoms with Gasteiger partial charge in [-0.15, -0.1) is 0 Å². The van der Waals surface area contributed by atoms with Gasteiger partial charge in [-0.3, -0.25) is 4.90 Å². The Balaban J connectivity index is 2.22. The lowest BCUT2D eigenvalue weighted by Gasteiger charge is -2.47. The molecule has 0 fully saturated rings. The first-order valence-corrected chi connectivity index (χ1v) is 9.77. The van der Waals surface area contributed by atoms with E-state index < -0.39 is 0 Å². The molecular weight excluding hydrogens is 314 g/mol. The molecule has 0 bridgehead atoms. The van der Waals surface area contributed by atoms with E-state index in [0.29, 0.717) is 5.92 Å². The van der Waals surface area contributed by atoms with Crippen LogP contribution in [-0.4, -0.2) is 23.5 Å². The van der Waals surface area contributed by atoms with Crippen molar-refractivity contribution in [1.29, 1.82) is 0 Å². The summed E-state index contributed by atoms with van der Waals surface area (Å²) in [5, 5.41) is 0. The van der Waals surface area contributed by atoms with Gasteiger partial charge in [-0.05, 0) is 42.9 Å². The Kier molecular flexibility index (Phi) is 5.12. The SMILES string of the molecule is CC(C)(C)C1=C(c2ccccc2)CN(C(C)(C)C)CC1c1ccccc1. The Labute approximate surface area is 159 Å². The van der Waals surface area contributed by atoms with E-state index in [-0.39, 0.29) is 11.0 Å². The quantitative estimate of drug-likeness (QED) is 0.609. The number of nitrogens with zero attached hydrogens (tertiary/aromatic N) is 1. The van der Waals surface area contributed by atoms with Crippen molar-refractivity contribution in [2.24, 2.45) is 5.41 Å². The smallest absolute Gasteiger partial charge is 0.0245 e. The molecule has 1 aliphatic rings. The van der Waals surface area contributed by atoms with Crippen molar-refractivity contribution >= 4 is 5.57 Å². The van der Waals surface area contributed by atoms with Gasteiger partial charge in [0.05, 0.1) is 0 Å². The van der Waals surface area contributed by atoms with Crippen molar-refractivity contribution < 1.29 is 0 Å². The summed E-state index contributed by atoms with van der Waals surface area (Å²) < 4.78 is 0. The van der Waals surface area contributed by atoms with Crippen LogP contribution in [0.1, 0.15) is 58.6 Å². The average Bonchev–Trinajstić information content (AvgIpc) is 2.60. The van der Waals surface area contributed by atoms with Gasteiger partial charge in [0, 0.05) is 24.5 Å².